The third-order valence-electron chi connectivity index (χ3n) is 5.17. The van der Waals surface area contributed by atoms with Crippen molar-refractivity contribution in [1.29, 1.82) is 0 Å². The lowest BCUT2D eigenvalue weighted by molar-refractivity contribution is -0.192. The van der Waals surface area contributed by atoms with Gasteiger partial charge in [0.25, 0.3) is 5.91 Å². The van der Waals surface area contributed by atoms with Gasteiger partial charge in [-0.25, -0.2) is 4.79 Å². The van der Waals surface area contributed by atoms with E-state index in [1.54, 1.807) is 0 Å². The number of pyridine rings is 1. The van der Waals surface area contributed by atoms with Crippen LogP contribution in [-0.2, 0) is 11.2 Å². The first-order chi connectivity index (χ1) is 15.2. The number of hydrogen-bond acceptors (Lipinski definition) is 3. The molecule has 9 heteroatoms. The summed E-state index contributed by atoms with van der Waals surface area (Å²) in [4.78, 5) is 28.8. The number of carbonyl (C=O) groups excluding carboxylic acids is 1. The topological polar surface area (TPSA) is 95.1 Å². The summed E-state index contributed by atoms with van der Waals surface area (Å²) >= 11 is 0. The summed E-state index contributed by atoms with van der Waals surface area (Å²) in [6, 6.07) is 6.01. The molecule has 0 aromatic carbocycles. The van der Waals surface area contributed by atoms with E-state index in [1.807, 2.05) is 18.3 Å². The van der Waals surface area contributed by atoms with Crippen molar-refractivity contribution in [2.75, 3.05) is 6.54 Å². The molecule has 6 nitrogen and oxygen atoms in total. The number of nitrogens with one attached hydrogen (secondary N) is 2. The van der Waals surface area contributed by atoms with Gasteiger partial charge in [-0.05, 0) is 47.9 Å². The molecule has 0 atom stereocenters. The first-order valence-electron chi connectivity index (χ1n) is 9.79. The van der Waals surface area contributed by atoms with E-state index in [9.17, 15) is 18.0 Å². The first-order valence-corrected chi connectivity index (χ1v) is 9.79. The number of amides is 1. The monoisotopic (exact) mass is 441 g/mol. The summed E-state index contributed by atoms with van der Waals surface area (Å²) in [7, 11) is 0. The van der Waals surface area contributed by atoms with Crippen LogP contribution in [0.2, 0.25) is 0 Å². The number of nitrogens with zero attached hydrogens (tertiary/aromatic N) is 1. The predicted octanol–water partition coefficient (Wildman–Crippen LogP) is 4.21. The van der Waals surface area contributed by atoms with E-state index in [4.69, 9.17) is 9.90 Å². The third kappa shape index (κ3) is 4.41. The van der Waals surface area contributed by atoms with Crippen molar-refractivity contribution in [1.82, 2.24) is 15.3 Å². The quantitative estimate of drug-likeness (QED) is 0.651. The lowest BCUT2D eigenvalue weighted by Crippen LogP contribution is -2.31. The zero-order chi connectivity index (χ0) is 22.9. The van der Waals surface area contributed by atoms with Crippen molar-refractivity contribution < 1.29 is 27.9 Å². The molecule has 164 valence electrons. The number of alkyl halides is 3. The van der Waals surface area contributed by atoms with Crippen molar-refractivity contribution in [2.45, 2.75) is 19.0 Å². The molecule has 5 rings (SSSR count). The van der Waals surface area contributed by atoms with Crippen LogP contribution in [0.15, 0.2) is 65.9 Å². The smallest absolute Gasteiger partial charge is 0.475 e. The van der Waals surface area contributed by atoms with Crippen LogP contribution in [0.4, 0.5) is 13.2 Å². The number of carboxylic acid groups (broad SMARTS) is 1. The molecule has 1 amide bonds. The molecule has 2 aromatic rings. The van der Waals surface area contributed by atoms with Crippen LogP contribution in [-0.4, -0.2) is 39.7 Å². The van der Waals surface area contributed by atoms with Crippen molar-refractivity contribution in [3.05, 3.63) is 82.9 Å². The fraction of sp³-hybridized carbons (Fsp3) is 0.174. The number of halogens is 3. The number of aromatic amines is 1. The molecule has 0 saturated carbocycles. The number of fused-ring (bicyclic) bond motifs is 2. The Labute approximate surface area is 180 Å². The summed E-state index contributed by atoms with van der Waals surface area (Å²) in [6.07, 6.45) is 9.39. The molecular weight excluding hydrogens is 423 g/mol. The Balaban J connectivity index is 0.000000307. The molecule has 2 aliphatic carbocycles. The number of aliphatic carboxylic acids is 1. The molecule has 0 unspecified atom stereocenters. The van der Waals surface area contributed by atoms with Crippen LogP contribution in [0, 0.1) is 0 Å². The van der Waals surface area contributed by atoms with Gasteiger partial charge in [-0.2, -0.15) is 13.2 Å². The molecule has 0 bridgehead atoms. The fourth-order valence-corrected chi connectivity index (χ4v) is 3.62. The zero-order valence-electron chi connectivity index (χ0n) is 16.7. The number of hydrogen-bond donors (Lipinski definition) is 3. The van der Waals surface area contributed by atoms with Crippen molar-refractivity contribution >= 4 is 17.4 Å². The average molecular weight is 441 g/mol. The Kier molecular flexibility index (Phi) is 5.56. The molecule has 3 heterocycles. The van der Waals surface area contributed by atoms with E-state index >= 15 is 0 Å². The second kappa shape index (κ2) is 8.33. The van der Waals surface area contributed by atoms with E-state index in [2.05, 4.69) is 51.7 Å². The maximum absolute atomic E-state index is 12.0. The number of H-pyrrole nitrogens is 1. The van der Waals surface area contributed by atoms with Crippen LogP contribution in [0.3, 0.4) is 0 Å². The summed E-state index contributed by atoms with van der Waals surface area (Å²) in [5.74, 6) is -2.75. The molecule has 0 saturated heterocycles. The number of carbonyl (C=O) groups is 2. The Hall–Kier alpha value is -3.88. The van der Waals surface area contributed by atoms with Gasteiger partial charge in [-0.3, -0.25) is 9.78 Å². The van der Waals surface area contributed by atoms with E-state index in [0.29, 0.717) is 6.54 Å². The second-order valence-corrected chi connectivity index (χ2v) is 7.34. The Morgan fingerprint density at radius 3 is 2.62 bits per heavy atom. The molecule has 0 spiro atoms. The summed E-state index contributed by atoms with van der Waals surface area (Å²) < 4.78 is 31.7. The Morgan fingerprint density at radius 1 is 1.16 bits per heavy atom. The van der Waals surface area contributed by atoms with Gasteiger partial charge in [0.05, 0.1) is 11.3 Å². The van der Waals surface area contributed by atoms with E-state index < -0.39 is 12.1 Å². The van der Waals surface area contributed by atoms with Crippen LogP contribution in [0.1, 0.15) is 28.2 Å². The first kappa shape index (κ1) is 21.4. The second-order valence-electron chi connectivity index (χ2n) is 7.34. The van der Waals surface area contributed by atoms with E-state index in [-0.39, 0.29) is 5.91 Å². The van der Waals surface area contributed by atoms with Crippen LogP contribution >= 0.6 is 0 Å². The highest BCUT2D eigenvalue weighted by Crippen LogP contribution is 2.34. The zero-order valence-corrected chi connectivity index (χ0v) is 16.7. The largest absolute Gasteiger partial charge is 0.490 e. The molecule has 0 fully saturated rings. The van der Waals surface area contributed by atoms with Crippen LogP contribution < -0.4 is 5.32 Å². The molecule has 32 heavy (non-hydrogen) atoms. The van der Waals surface area contributed by atoms with Gasteiger partial charge in [0.2, 0.25) is 0 Å². The minimum atomic E-state index is -5.08. The molecule has 3 N–H and O–H groups in total. The van der Waals surface area contributed by atoms with Gasteiger partial charge in [0.1, 0.15) is 0 Å². The SMILES string of the molecule is O=C(O)C(F)(F)F.O=C1NCCc2[nH]c(-c3ccnc(C4=CC5=CC=CCC5=C4)c3)cc21. The van der Waals surface area contributed by atoms with Gasteiger partial charge in [0, 0.05) is 41.7 Å². The highest BCUT2D eigenvalue weighted by atomic mass is 19.4. The van der Waals surface area contributed by atoms with Gasteiger partial charge >= 0.3 is 12.1 Å². The highest BCUT2D eigenvalue weighted by Gasteiger charge is 2.38. The van der Waals surface area contributed by atoms with Gasteiger partial charge in [0.15, 0.2) is 0 Å². The normalized spacial score (nSPS) is 16.6. The third-order valence-corrected chi connectivity index (χ3v) is 5.17. The molecule has 3 aliphatic rings. The number of allylic oxidation sites excluding steroid dienone is 8. The summed E-state index contributed by atoms with van der Waals surface area (Å²) in [6.45, 7) is 0.691. The maximum atomic E-state index is 12.0. The number of rotatable bonds is 2. The molecule has 1 aliphatic heterocycles. The van der Waals surface area contributed by atoms with Gasteiger partial charge in [-0.1, -0.05) is 18.2 Å². The summed E-state index contributed by atoms with van der Waals surface area (Å²) in [5, 5.41) is 10.0. The molecule has 0 radical (unpaired) electrons. The lowest BCUT2D eigenvalue weighted by atomic mass is 10.0. The predicted molar refractivity (Wildman–Crippen MR) is 112 cm³/mol. The minimum absolute atomic E-state index is 0.00442. The Morgan fingerprint density at radius 2 is 1.94 bits per heavy atom. The number of aromatic nitrogens is 2. The standard InChI is InChI=1S/C21H17N3O.C2HF3O2/c25-21-17-12-20(24-18(17)6-8-23-21)15-5-7-22-19(11-15)16-9-13-3-1-2-4-14(13)10-16;3-2(4,5)1(6)7/h1-3,5,7,9-12,24H,4,6,8H2,(H,23,25);(H,6,7). The van der Waals surface area contributed by atoms with E-state index in [0.717, 1.165) is 46.6 Å². The highest BCUT2D eigenvalue weighted by molar-refractivity contribution is 5.98. The van der Waals surface area contributed by atoms with Gasteiger partial charge < -0.3 is 15.4 Å². The lowest BCUT2D eigenvalue weighted by Gasteiger charge is -2.10. The van der Waals surface area contributed by atoms with E-state index in [1.165, 1.54) is 11.1 Å². The molecule has 2 aromatic heterocycles. The van der Waals surface area contributed by atoms with Crippen molar-refractivity contribution in [3.63, 3.8) is 0 Å². The fourth-order valence-electron chi connectivity index (χ4n) is 3.62. The maximum Gasteiger partial charge on any atom is 0.490 e. The summed E-state index contributed by atoms with van der Waals surface area (Å²) in [5.41, 5.74) is 8.50. The molecular formula is C23H18F3N3O3. The van der Waals surface area contributed by atoms with Crippen molar-refractivity contribution in [2.24, 2.45) is 0 Å². The number of carboxylic acids is 1. The average Bonchev–Trinajstić information content (AvgIpc) is 3.39. The Bertz CT molecular complexity index is 1220. The van der Waals surface area contributed by atoms with Crippen LogP contribution in [0.5, 0.6) is 0 Å². The minimum Gasteiger partial charge on any atom is -0.475 e. The van der Waals surface area contributed by atoms with Crippen molar-refractivity contribution in [3.8, 4) is 11.3 Å². The van der Waals surface area contributed by atoms with Gasteiger partial charge in [-0.15, -0.1) is 0 Å². The van der Waals surface area contributed by atoms with Crippen LogP contribution in [0.25, 0.3) is 16.8 Å².